The fourth-order valence-electron chi connectivity index (χ4n) is 1.66. The molecule has 0 bridgehead atoms. The Labute approximate surface area is 129 Å². The largest absolute Gasteiger partial charge is 0.471 e. The summed E-state index contributed by atoms with van der Waals surface area (Å²) in [5.41, 5.74) is -0.549. The Kier molecular flexibility index (Phi) is 6.54. The van der Waals surface area contributed by atoms with Gasteiger partial charge in [0.05, 0.1) is 22.1 Å². The van der Waals surface area contributed by atoms with Crippen LogP contribution < -0.4 is 4.74 Å². The minimum atomic E-state index is -0.976. The first kappa shape index (κ1) is 17.4. The van der Waals surface area contributed by atoms with Crippen LogP contribution in [-0.4, -0.2) is 23.6 Å². The van der Waals surface area contributed by atoms with Crippen molar-refractivity contribution in [1.82, 2.24) is 0 Å². The number of hydrogen-bond acceptors (Lipinski definition) is 5. The zero-order chi connectivity index (χ0) is 16.0. The Balaban J connectivity index is 3.13. The van der Waals surface area contributed by atoms with Crippen LogP contribution in [0.3, 0.4) is 0 Å². The maximum Gasteiger partial charge on any atom is 0.347 e. The summed E-state index contributed by atoms with van der Waals surface area (Å²) in [6.45, 7) is 3.66. The summed E-state index contributed by atoms with van der Waals surface area (Å²) >= 11 is 3.01. The van der Waals surface area contributed by atoms with E-state index in [0.29, 0.717) is 12.8 Å². The fourth-order valence-corrected chi connectivity index (χ4v) is 2.18. The molecule has 0 aliphatic heterocycles. The van der Waals surface area contributed by atoms with Crippen LogP contribution in [-0.2, 0) is 9.53 Å². The van der Waals surface area contributed by atoms with Crippen LogP contribution in [0.2, 0.25) is 0 Å². The predicted octanol–water partition coefficient (Wildman–Crippen LogP) is 3.61. The summed E-state index contributed by atoms with van der Waals surface area (Å²) in [5.74, 6) is -1.57. The molecule has 1 unspecified atom stereocenters. The van der Waals surface area contributed by atoms with E-state index in [0.717, 1.165) is 12.1 Å². The first-order chi connectivity index (χ1) is 9.90. The highest BCUT2D eigenvalue weighted by Crippen LogP contribution is 2.37. The topological polar surface area (TPSA) is 78.7 Å². The van der Waals surface area contributed by atoms with E-state index in [1.165, 1.54) is 0 Å². The van der Waals surface area contributed by atoms with Crippen molar-refractivity contribution in [1.29, 1.82) is 0 Å². The first-order valence-electron chi connectivity index (χ1n) is 6.37. The molecule has 21 heavy (non-hydrogen) atoms. The summed E-state index contributed by atoms with van der Waals surface area (Å²) in [4.78, 5) is 22.0. The van der Waals surface area contributed by atoms with Crippen LogP contribution in [0.1, 0.15) is 26.7 Å². The number of esters is 1. The molecule has 6 nitrogen and oxygen atoms in total. The van der Waals surface area contributed by atoms with Gasteiger partial charge in [-0.1, -0.05) is 13.3 Å². The second kappa shape index (κ2) is 7.92. The lowest BCUT2D eigenvalue weighted by atomic mass is 10.2. The van der Waals surface area contributed by atoms with Gasteiger partial charge in [0, 0.05) is 0 Å². The number of nitro groups is 1. The maximum atomic E-state index is 13.3. The van der Waals surface area contributed by atoms with Crippen molar-refractivity contribution in [2.45, 2.75) is 32.8 Å². The number of nitrogens with zero attached hydrogens (tertiary/aromatic N) is 1. The number of carbonyl (C=O) groups is 1. The summed E-state index contributed by atoms with van der Waals surface area (Å²) in [5, 5.41) is 11.0. The average Bonchev–Trinajstić information content (AvgIpc) is 2.40. The monoisotopic (exact) mass is 363 g/mol. The SMILES string of the molecule is CCCC(Oc1c(Br)cc(F)cc1[N+](=O)[O-])C(=O)OCC. The minimum Gasteiger partial charge on any atom is -0.471 e. The Bertz CT molecular complexity index is 538. The number of carbonyl (C=O) groups excluding carboxylic acids is 1. The standard InChI is InChI=1S/C13H15BrFNO5/c1-3-5-11(13(17)20-4-2)21-12-9(14)6-8(15)7-10(12)16(18)19/h6-7,11H,3-5H2,1-2H3. The average molecular weight is 364 g/mol. The van der Waals surface area contributed by atoms with Crippen LogP contribution in [0.15, 0.2) is 16.6 Å². The molecule has 1 aromatic rings. The van der Waals surface area contributed by atoms with Crippen molar-refractivity contribution >= 4 is 27.6 Å². The second-order valence-electron chi connectivity index (χ2n) is 4.14. The molecule has 0 aromatic heterocycles. The number of hydrogen-bond donors (Lipinski definition) is 0. The van der Waals surface area contributed by atoms with Crippen LogP contribution >= 0.6 is 15.9 Å². The van der Waals surface area contributed by atoms with Gasteiger partial charge in [0.25, 0.3) is 0 Å². The number of nitro benzene ring substituents is 1. The van der Waals surface area contributed by atoms with Gasteiger partial charge >= 0.3 is 11.7 Å². The highest BCUT2D eigenvalue weighted by Gasteiger charge is 2.27. The summed E-state index contributed by atoms with van der Waals surface area (Å²) in [7, 11) is 0. The first-order valence-corrected chi connectivity index (χ1v) is 7.16. The molecule has 0 heterocycles. The zero-order valence-corrected chi connectivity index (χ0v) is 13.2. The smallest absolute Gasteiger partial charge is 0.347 e. The van der Waals surface area contributed by atoms with Gasteiger partial charge in [0.15, 0.2) is 6.10 Å². The fraction of sp³-hybridized carbons (Fsp3) is 0.462. The van der Waals surface area contributed by atoms with Crippen LogP contribution in [0.25, 0.3) is 0 Å². The van der Waals surface area contributed by atoms with Gasteiger partial charge in [-0.05, 0) is 35.3 Å². The lowest BCUT2D eigenvalue weighted by molar-refractivity contribution is -0.386. The van der Waals surface area contributed by atoms with Gasteiger partial charge in [0.2, 0.25) is 5.75 Å². The van der Waals surface area contributed by atoms with Crippen LogP contribution in [0.5, 0.6) is 5.75 Å². The quantitative estimate of drug-likeness (QED) is 0.420. The van der Waals surface area contributed by atoms with Gasteiger partial charge in [-0.3, -0.25) is 10.1 Å². The second-order valence-corrected chi connectivity index (χ2v) is 4.99. The number of ether oxygens (including phenoxy) is 2. The van der Waals surface area contributed by atoms with Crippen molar-refractivity contribution in [2.75, 3.05) is 6.61 Å². The highest BCUT2D eigenvalue weighted by molar-refractivity contribution is 9.10. The van der Waals surface area contributed by atoms with E-state index in [4.69, 9.17) is 9.47 Å². The predicted molar refractivity (Wildman–Crippen MR) is 76.7 cm³/mol. The Hall–Kier alpha value is -1.70. The molecule has 0 fully saturated rings. The molecular formula is C13H15BrFNO5. The lowest BCUT2D eigenvalue weighted by Crippen LogP contribution is -2.29. The van der Waals surface area contributed by atoms with Crippen LogP contribution in [0, 0.1) is 15.9 Å². The molecule has 8 heteroatoms. The van der Waals surface area contributed by atoms with Gasteiger partial charge in [0.1, 0.15) is 5.82 Å². The van der Waals surface area contributed by atoms with Gasteiger partial charge in [-0.15, -0.1) is 0 Å². The van der Waals surface area contributed by atoms with Gasteiger partial charge in [-0.25, -0.2) is 9.18 Å². The molecule has 1 atom stereocenters. The van der Waals surface area contributed by atoms with E-state index in [-0.39, 0.29) is 16.8 Å². The van der Waals surface area contributed by atoms with Crippen molar-refractivity contribution < 1.29 is 23.6 Å². The van der Waals surface area contributed by atoms with Crippen molar-refractivity contribution in [3.05, 3.63) is 32.5 Å². The molecule has 1 aromatic carbocycles. The van der Waals surface area contributed by atoms with E-state index in [2.05, 4.69) is 15.9 Å². The van der Waals surface area contributed by atoms with E-state index in [1.54, 1.807) is 6.92 Å². The number of rotatable bonds is 7. The third-order valence-electron chi connectivity index (χ3n) is 2.55. The van der Waals surface area contributed by atoms with Gasteiger partial charge < -0.3 is 9.47 Å². The molecular weight excluding hydrogens is 349 g/mol. The molecule has 0 saturated heterocycles. The molecule has 0 aliphatic carbocycles. The molecule has 0 amide bonds. The van der Waals surface area contributed by atoms with Crippen molar-refractivity contribution in [3.8, 4) is 5.75 Å². The van der Waals surface area contributed by atoms with E-state index < -0.39 is 28.5 Å². The van der Waals surface area contributed by atoms with Crippen molar-refractivity contribution in [2.24, 2.45) is 0 Å². The molecule has 116 valence electrons. The Morgan fingerprint density at radius 1 is 1.48 bits per heavy atom. The number of halogens is 2. The molecule has 1 rings (SSSR count). The minimum absolute atomic E-state index is 0.0691. The number of benzene rings is 1. The summed E-state index contributed by atoms with van der Waals surface area (Å²) < 4.78 is 23.6. The third kappa shape index (κ3) is 4.66. The molecule has 0 saturated carbocycles. The maximum absolute atomic E-state index is 13.3. The third-order valence-corrected chi connectivity index (χ3v) is 3.13. The summed E-state index contributed by atoms with van der Waals surface area (Å²) in [6.07, 6.45) is -0.0222. The molecule has 0 aliphatic rings. The normalized spacial score (nSPS) is 11.8. The molecule has 0 spiro atoms. The summed E-state index contributed by atoms with van der Waals surface area (Å²) in [6, 6.07) is 1.78. The van der Waals surface area contributed by atoms with Crippen LogP contribution in [0.4, 0.5) is 10.1 Å². The highest BCUT2D eigenvalue weighted by atomic mass is 79.9. The molecule has 0 radical (unpaired) electrons. The Morgan fingerprint density at radius 3 is 2.67 bits per heavy atom. The van der Waals surface area contributed by atoms with E-state index in [1.807, 2.05) is 6.92 Å². The Morgan fingerprint density at radius 2 is 2.14 bits per heavy atom. The molecule has 0 N–H and O–H groups in total. The van der Waals surface area contributed by atoms with Gasteiger partial charge in [-0.2, -0.15) is 0 Å². The van der Waals surface area contributed by atoms with Crippen molar-refractivity contribution in [3.63, 3.8) is 0 Å². The zero-order valence-electron chi connectivity index (χ0n) is 11.6. The van der Waals surface area contributed by atoms with E-state index in [9.17, 15) is 19.3 Å². The lowest BCUT2D eigenvalue weighted by Gasteiger charge is -2.17. The van der Waals surface area contributed by atoms with E-state index >= 15 is 0 Å².